The molecule has 0 radical (unpaired) electrons. The number of para-hydroxylation sites is 3. The first-order valence-electron chi connectivity index (χ1n) is 10.7. The molecule has 0 amide bonds. The van der Waals surface area contributed by atoms with Crippen molar-refractivity contribution in [1.29, 1.82) is 0 Å². The van der Waals surface area contributed by atoms with E-state index in [0.29, 0.717) is 18.4 Å². The molecule has 8 heteroatoms. The molecule has 0 spiro atoms. The lowest BCUT2D eigenvalue weighted by atomic mass is 10.2. The first-order chi connectivity index (χ1) is 15.1. The third-order valence-corrected chi connectivity index (χ3v) is 5.44. The van der Waals surface area contributed by atoms with Gasteiger partial charge in [0.25, 0.3) is 0 Å². The lowest BCUT2D eigenvalue weighted by Crippen LogP contribution is -2.47. The van der Waals surface area contributed by atoms with Crippen LogP contribution in [0.2, 0.25) is 0 Å². The average molecular weight is 420 g/mol. The highest BCUT2D eigenvalue weighted by Crippen LogP contribution is 2.30. The molecule has 1 atom stereocenters. The van der Waals surface area contributed by atoms with E-state index in [0.717, 1.165) is 43.3 Å². The summed E-state index contributed by atoms with van der Waals surface area (Å²) in [6.07, 6.45) is 0. The van der Waals surface area contributed by atoms with Crippen molar-refractivity contribution >= 4 is 23.3 Å². The van der Waals surface area contributed by atoms with Crippen molar-refractivity contribution < 1.29 is 4.74 Å². The van der Waals surface area contributed by atoms with Crippen molar-refractivity contribution in [1.82, 2.24) is 19.9 Å². The molecule has 0 bridgehead atoms. The van der Waals surface area contributed by atoms with Crippen molar-refractivity contribution in [2.24, 2.45) is 0 Å². The number of ether oxygens (including phenoxy) is 1. The second-order valence-electron chi connectivity index (χ2n) is 7.47. The number of rotatable bonds is 7. The molecule has 3 N–H and O–H groups in total. The van der Waals surface area contributed by atoms with Gasteiger partial charge in [-0.25, -0.2) is 0 Å². The molecule has 31 heavy (non-hydrogen) atoms. The monoisotopic (exact) mass is 419 g/mol. The minimum Gasteiger partial charge on any atom is -0.492 e. The zero-order valence-electron chi connectivity index (χ0n) is 18.0. The highest BCUT2D eigenvalue weighted by molar-refractivity contribution is 5.58. The second kappa shape index (κ2) is 9.61. The fourth-order valence-electron chi connectivity index (χ4n) is 3.81. The largest absolute Gasteiger partial charge is 0.492 e. The van der Waals surface area contributed by atoms with Gasteiger partial charge in [0.05, 0.1) is 18.3 Å². The molecule has 0 aliphatic carbocycles. The van der Waals surface area contributed by atoms with Crippen LogP contribution < -0.4 is 20.7 Å². The van der Waals surface area contributed by atoms with Crippen molar-refractivity contribution in [2.75, 3.05) is 48.7 Å². The minimum absolute atomic E-state index is 0.0332. The normalized spacial score (nSPS) is 15.5. The summed E-state index contributed by atoms with van der Waals surface area (Å²) in [6, 6.07) is 18.1. The van der Waals surface area contributed by atoms with Gasteiger partial charge in [0, 0.05) is 31.9 Å². The lowest BCUT2D eigenvalue weighted by Gasteiger charge is -2.39. The topological polar surface area (TPSA) is 92.4 Å². The number of hydrogen-bond donors (Lipinski definition) is 2. The Kier molecular flexibility index (Phi) is 6.47. The summed E-state index contributed by atoms with van der Waals surface area (Å²) in [7, 11) is 0. The summed E-state index contributed by atoms with van der Waals surface area (Å²) in [5.41, 5.74) is 8.04. The maximum Gasteiger partial charge on any atom is 0.232 e. The van der Waals surface area contributed by atoms with Gasteiger partial charge in [0.1, 0.15) is 5.75 Å². The van der Waals surface area contributed by atoms with Crippen LogP contribution in [0, 0.1) is 0 Å². The quantitative estimate of drug-likeness (QED) is 0.601. The van der Waals surface area contributed by atoms with Crippen LogP contribution >= 0.6 is 0 Å². The highest BCUT2D eigenvalue weighted by Gasteiger charge is 2.25. The van der Waals surface area contributed by atoms with Gasteiger partial charge in [-0.15, -0.1) is 0 Å². The first-order valence-corrected chi connectivity index (χ1v) is 10.7. The molecule has 3 aromatic rings. The molecule has 1 fully saturated rings. The Morgan fingerprint density at radius 2 is 1.68 bits per heavy atom. The third-order valence-electron chi connectivity index (χ3n) is 5.44. The number of benzene rings is 2. The smallest absolute Gasteiger partial charge is 0.232 e. The molecule has 162 valence electrons. The predicted octanol–water partition coefficient (Wildman–Crippen LogP) is 3.48. The number of anilines is 4. The third kappa shape index (κ3) is 5.03. The fraction of sp³-hybridized carbons (Fsp3) is 0.348. The van der Waals surface area contributed by atoms with Gasteiger partial charge in [-0.2, -0.15) is 15.0 Å². The van der Waals surface area contributed by atoms with Crippen LogP contribution in [0.1, 0.15) is 25.7 Å². The summed E-state index contributed by atoms with van der Waals surface area (Å²) >= 11 is 0. The van der Waals surface area contributed by atoms with Crippen LogP contribution in [0.25, 0.3) is 0 Å². The maximum atomic E-state index is 5.98. The Hall–Kier alpha value is -3.39. The Balaban J connectivity index is 1.43. The Morgan fingerprint density at radius 1 is 0.968 bits per heavy atom. The highest BCUT2D eigenvalue weighted by atomic mass is 16.5. The molecule has 1 saturated heterocycles. The SMILES string of the molecule is CCOc1ccccc1N1CCN(C(C)c2nc(N)nc(Nc3ccccc3)n2)CC1. The predicted molar refractivity (Wildman–Crippen MR) is 124 cm³/mol. The summed E-state index contributed by atoms with van der Waals surface area (Å²) in [6.45, 7) is 8.40. The van der Waals surface area contributed by atoms with Crippen molar-refractivity contribution in [3.8, 4) is 5.75 Å². The minimum atomic E-state index is 0.0332. The number of nitrogens with two attached hydrogens (primary N) is 1. The lowest BCUT2D eigenvalue weighted by molar-refractivity contribution is 0.191. The van der Waals surface area contributed by atoms with Crippen LogP contribution in [0.15, 0.2) is 54.6 Å². The summed E-state index contributed by atoms with van der Waals surface area (Å²) in [5.74, 6) is 2.30. The number of nitrogens with zero attached hydrogens (tertiary/aromatic N) is 5. The zero-order valence-corrected chi connectivity index (χ0v) is 18.0. The van der Waals surface area contributed by atoms with Crippen LogP contribution in [0.5, 0.6) is 5.75 Å². The molecule has 1 aromatic heterocycles. The van der Waals surface area contributed by atoms with E-state index in [1.54, 1.807) is 0 Å². The molecule has 1 aliphatic rings. The van der Waals surface area contributed by atoms with Gasteiger partial charge in [0.15, 0.2) is 5.82 Å². The van der Waals surface area contributed by atoms with Crippen LogP contribution in [0.3, 0.4) is 0 Å². The molecule has 2 aromatic carbocycles. The Labute approximate surface area is 183 Å². The van der Waals surface area contributed by atoms with Crippen molar-refractivity contribution in [3.05, 3.63) is 60.4 Å². The maximum absolute atomic E-state index is 5.98. The fourth-order valence-corrected chi connectivity index (χ4v) is 3.81. The van der Waals surface area contributed by atoms with Crippen LogP contribution in [0.4, 0.5) is 23.3 Å². The first kappa shape index (κ1) is 20.9. The summed E-state index contributed by atoms with van der Waals surface area (Å²) in [4.78, 5) is 18.0. The van der Waals surface area contributed by atoms with Crippen molar-refractivity contribution in [3.63, 3.8) is 0 Å². The summed E-state index contributed by atoms with van der Waals surface area (Å²) < 4.78 is 5.81. The van der Waals surface area contributed by atoms with Crippen LogP contribution in [-0.4, -0.2) is 52.6 Å². The van der Waals surface area contributed by atoms with E-state index >= 15 is 0 Å². The van der Waals surface area contributed by atoms with Gasteiger partial charge in [0.2, 0.25) is 11.9 Å². The Morgan fingerprint density at radius 3 is 2.42 bits per heavy atom. The van der Waals surface area contributed by atoms with E-state index in [1.807, 2.05) is 49.4 Å². The second-order valence-corrected chi connectivity index (χ2v) is 7.47. The standard InChI is InChI=1S/C23H29N7O/c1-3-31-20-12-8-7-11-19(20)30-15-13-29(14-16-30)17(2)21-26-22(24)28-23(27-21)25-18-9-5-4-6-10-18/h4-12,17H,3,13-16H2,1-2H3,(H3,24,25,26,27,28). The van der Waals surface area contributed by atoms with Crippen LogP contribution in [-0.2, 0) is 0 Å². The molecule has 0 saturated carbocycles. The van der Waals surface area contributed by atoms with Gasteiger partial charge < -0.3 is 20.7 Å². The van der Waals surface area contributed by atoms with E-state index < -0.39 is 0 Å². The number of aromatic nitrogens is 3. The average Bonchev–Trinajstić information content (AvgIpc) is 2.80. The van der Waals surface area contributed by atoms with E-state index in [1.165, 1.54) is 0 Å². The molecule has 1 aliphatic heterocycles. The molecular formula is C23H29N7O. The Bertz CT molecular complexity index is 990. The van der Waals surface area contributed by atoms with E-state index in [4.69, 9.17) is 10.5 Å². The van der Waals surface area contributed by atoms with Crippen molar-refractivity contribution in [2.45, 2.75) is 19.9 Å². The van der Waals surface area contributed by atoms with Gasteiger partial charge in [-0.1, -0.05) is 30.3 Å². The zero-order chi connectivity index (χ0) is 21.6. The van der Waals surface area contributed by atoms with Gasteiger partial charge in [-0.05, 0) is 38.1 Å². The molecular weight excluding hydrogens is 390 g/mol. The molecule has 4 rings (SSSR count). The molecule has 2 heterocycles. The van der Waals surface area contributed by atoms with E-state index in [9.17, 15) is 0 Å². The number of nitrogens with one attached hydrogen (secondary N) is 1. The molecule has 8 nitrogen and oxygen atoms in total. The van der Waals surface area contributed by atoms with Gasteiger partial charge >= 0.3 is 0 Å². The molecule has 1 unspecified atom stereocenters. The summed E-state index contributed by atoms with van der Waals surface area (Å²) in [5, 5.41) is 3.21. The number of hydrogen-bond acceptors (Lipinski definition) is 8. The van der Waals surface area contributed by atoms with E-state index in [-0.39, 0.29) is 12.0 Å². The number of piperazine rings is 1. The van der Waals surface area contributed by atoms with E-state index in [2.05, 4.69) is 49.1 Å². The number of nitrogen functional groups attached to an aromatic ring is 1. The van der Waals surface area contributed by atoms with Gasteiger partial charge in [-0.3, -0.25) is 4.90 Å².